The molecule has 0 spiro atoms. The van der Waals surface area contributed by atoms with Crippen LogP contribution < -0.4 is 5.32 Å². The van der Waals surface area contributed by atoms with Crippen molar-refractivity contribution in [3.8, 4) is 0 Å². The highest BCUT2D eigenvalue weighted by molar-refractivity contribution is 5.79. The fourth-order valence-corrected chi connectivity index (χ4v) is 2.87. The van der Waals surface area contributed by atoms with Crippen LogP contribution in [0.25, 0.3) is 0 Å². The lowest BCUT2D eigenvalue weighted by atomic mass is 10.1. The number of rotatable bonds is 3. The zero-order valence-electron chi connectivity index (χ0n) is 11.8. The van der Waals surface area contributed by atoms with E-state index in [4.69, 9.17) is 4.52 Å². The van der Waals surface area contributed by atoms with E-state index in [1.807, 2.05) is 26.0 Å². The second-order valence-electron chi connectivity index (χ2n) is 5.34. The molecule has 1 aromatic carbocycles. The minimum Gasteiger partial charge on any atom is -0.361 e. The van der Waals surface area contributed by atoms with Gasteiger partial charge in [-0.1, -0.05) is 29.4 Å². The summed E-state index contributed by atoms with van der Waals surface area (Å²) < 4.78 is 5.09. The number of benzene rings is 1. The van der Waals surface area contributed by atoms with Crippen LogP contribution >= 0.6 is 0 Å². The van der Waals surface area contributed by atoms with Gasteiger partial charge in [0.25, 0.3) is 0 Å². The number of carbonyl (C=O) groups is 1. The van der Waals surface area contributed by atoms with Crippen LogP contribution in [-0.2, 0) is 17.6 Å². The first-order valence-corrected chi connectivity index (χ1v) is 6.94. The van der Waals surface area contributed by atoms with E-state index >= 15 is 0 Å². The maximum Gasteiger partial charge on any atom is 0.225 e. The van der Waals surface area contributed by atoms with Crippen molar-refractivity contribution in [1.82, 2.24) is 10.5 Å². The lowest BCUT2D eigenvalue weighted by molar-refractivity contribution is -0.121. The Morgan fingerprint density at radius 1 is 1.40 bits per heavy atom. The SMILES string of the molecule is Cc1noc(C)c1CC(=O)N[C@H]1CCc2ccccc21. The molecule has 4 nitrogen and oxygen atoms in total. The van der Waals surface area contributed by atoms with Gasteiger partial charge in [0.15, 0.2) is 0 Å². The molecule has 0 unspecified atom stereocenters. The molecule has 1 heterocycles. The fraction of sp³-hybridized carbons (Fsp3) is 0.375. The first kappa shape index (κ1) is 12.9. The van der Waals surface area contributed by atoms with E-state index in [0.717, 1.165) is 29.9 Å². The van der Waals surface area contributed by atoms with Crippen molar-refractivity contribution in [3.63, 3.8) is 0 Å². The third kappa shape index (κ3) is 2.33. The molecule has 2 aromatic rings. The van der Waals surface area contributed by atoms with Gasteiger partial charge in [-0.3, -0.25) is 4.79 Å². The van der Waals surface area contributed by atoms with Crippen LogP contribution in [0.3, 0.4) is 0 Å². The number of carbonyl (C=O) groups excluding carboxylic acids is 1. The summed E-state index contributed by atoms with van der Waals surface area (Å²) in [5.74, 6) is 0.755. The van der Waals surface area contributed by atoms with Crippen molar-refractivity contribution >= 4 is 5.91 Å². The highest BCUT2D eigenvalue weighted by Gasteiger charge is 2.24. The Bertz CT molecular complexity index is 626. The lowest BCUT2D eigenvalue weighted by Crippen LogP contribution is -2.28. The number of aryl methyl sites for hydroxylation is 3. The molecule has 3 rings (SSSR count). The van der Waals surface area contributed by atoms with Crippen molar-refractivity contribution in [1.29, 1.82) is 0 Å². The molecule has 1 atom stereocenters. The predicted octanol–water partition coefficient (Wildman–Crippen LogP) is 2.64. The lowest BCUT2D eigenvalue weighted by Gasteiger charge is -2.14. The molecule has 4 heteroatoms. The van der Waals surface area contributed by atoms with E-state index in [2.05, 4.69) is 22.6 Å². The zero-order chi connectivity index (χ0) is 14.1. The molecule has 0 bridgehead atoms. The largest absolute Gasteiger partial charge is 0.361 e. The van der Waals surface area contributed by atoms with Crippen molar-refractivity contribution < 1.29 is 9.32 Å². The Kier molecular flexibility index (Phi) is 3.30. The number of nitrogens with one attached hydrogen (secondary N) is 1. The number of aromatic nitrogens is 1. The molecule has 1 aliphatic rings. The average Bonchev–Trinajstić information content (AvgIpc) is 2.98. The number of hydrogen-bond acceptors (Lipinski definition) is 3. The molecular formula is C16H18N2O2. The summed E-state index contributed by atoms with van der Waals surface area (Å²) in [4.78, 5) is 12.2. The molecule has 0 saturated heterocycles. The summed E-state index contributed by atoms with van der Waals surface area (Å²) in [5.41, 5.74) is 4.29. The van der Waals surface area contributed by atoms with Crippen LogP contribution in [0.4, 0.5) is 0 Å². The molecule has 104 valence electrons. The molecular weight excluding hydrogens is 252 g/mol. The van der Waals surface area contributed by atoms with E-state index in [9.17, 15) is 4.79 Å². The molecule has 1 aromatic heterocycles. The number of hydrogen-bond donors (Lipinski definition) is 1. The van der Waals surface area contributed by atoms with E-state index in [-0.39, 0.29) is 11.9 Å². The van der Waals surface area contributed by atoms with Crippen LogP contribution in [0.2, 0.25) is 0 Å². The first-order valence-electron chi connectivity index (χ1n) is 6.94. The molecule has 1 N–H and O–H groups in total. The second-order valence-corrected chi connectivity index (χ2v) is 5.34. The molecule has 1 aliphatic carbocycles. The van der Waals surface area contributed by atoms with Crippen LogP contribution in [0.1, 0.15) is 40.6 Å². The summed E-state index contributed by atoms with van der Waals surface area (Å²) in [6.45, 7) is 3.71. The van der Waals surface area contributed by atoms with Crippen LogP contribution in [0.15, 0.2) is 28.8 Å². The van der Waals surface area contributed by atoms with Gasteiger partial charge in [-0.05, 0) is 37.8 Å². The topological polar surface area (TPSA) is 55.1 Å². The molecule has 0 radical (unpaired) electrons. The minimum atomic E-state index is 0.0288. The molecule has 1 amide bonds. The van der Waals surface area contributed by atoms with Gasteiger partial charge in [-0.15, -0.1) is 0 Å². The Labute approximate surface area is 118 Å². The van der Waals surface area contributed by atoms with Crippen LogP contribution in [0, 0.1) is 13.8 Å². The van der Waals surface area contributed by atoms with E-state index in [1.54, 1.807) is 0 Å². The average molecular weight is 270 g/mol. The summed E-state index contributed by atoms with van der Waals surface area (Å²) in [5, 5.41) is 7.00. The van der Waals surface area contributed by atoms with Gasteiger partial charge < -0.3 is 9.84 Å². The molecule has 0 aliphatic heterocycles. The maximum absolute atomic E-state index is 12.2. The summed E-state index contributed by atoms with van der Waals surface area (Å²) in [6.07, 6.45) is 2.35. The summed E-state index contributed by atoms with van der Waals surface area (Å²) in [7, 11) is 0. The molecule has 20 heavy (non-hydrogen) atoms. The standard InChI is InChI=1S/C16H18N2O2/c1-10-14(11(2)20-18-10)9-16(19)17-15-8-7-12-5-3-4-6-13(12)15/h3-6,15H,7-9H2,1-2H3,(H,17,19)/t15-/m0/s1. The van der Waals surface area contributed by atoms with E-state index < -0.39 is 0 Å². The van der Waals surface area contributed by atoms with E-state index in [0.29, 0.717) is 6.42 Å². The van der Waals surface area contributed by atoms with Crippen molar-refractivity contribution in [2.24, 2.45) is 0 Å². The van der Waals surface area contributed by atoms with Gasteiger partial charge in [0, 0.05) is 5.56 Å². The van der Waals surface area contributed by atoms with Gasteiger partial charge in [-0.2, -0.15) is 0 Å². The van der Waals surface area contributed by atoms with Gasteiger partial charge in [0.2, 0.25) is 5.91 Å². The minimum absolute atomic E-state index is 0.0288. The smallest absolute Gasteiger partial charge is 0.225 e. The number of nitrogens with zero attached hydrogens (tertiary/aromatic N) is 1. The number of amides is 1. The molecule has 0 fully saturated rings. The third-order valence-corrected chi connectivity index (χ3v) is 3.99. The summed E-state index contributed by atoms with van der Waals surface area (Å²) >= 11 is 0. The Morgan fingerprint density at radius 3 is 2.95 bits per heavy atom. The van der Waals surface area contributed by atoms with Crippen molar-refractivity contribution in [3.05, 3.63) is 52.4 Å². The molecule has 0 saturated carbocycles. The van der Waals surface area contributed by atoms with Crippen LogP contribution in [-0.4, -0.2) is 11.1 Å². The van der Waals surface area contributed by atoms with Gasteiger partial charge in [-0.25, -0.2) is 0 Å². The highest BCUT2D eigenvalue weighted by Crippen LogP contribution is 2.30. The second kappa shape index (κ2) is 5.12. The van der Waals surface area contributed by atoms with Gasteiger partial charge >= 0.3 is 0 Å². The van der Waals surface area contributed by atoms with Crippen LogP contribution in [0.5, 0.6) is 0 Å². The Morgan fingerprint density at radius 2 is 2.20 bits per heavy atom. The van der Waals surface area contributed by atoms with Crippen molar-refractivity contribution in [2.45, 2.75) is 39.2 Å². The Hall–Kier alpha value is -2.10. The highest BCUT2D eigenvalue weighted by atomic mass is 16.5. The maximum atomic E-state index is 12.2. The predicted molar refractivity (Wildman–Crippen MR) is 75.3 cm³/mol. The van der Waals surface area contributed by atoms with E-state index in [1.165, 1.54) is 11.1 Å². The first-order chi connectivity index (χ1) is 9.65. The van der Waals surface area contributed by atoms with Crippen molar-refractivity contribution in [2.75, 3.05) is 0 Å². The Balaban J connectivity index is 1.69. The van der Waals surface area contributed by atoms with Gasteiger partial charge in [0.1, 0.15) is 5.76 Å². The quantitative estimate of drug-likeness (QED) is 0.932. The fourth-order valence-electron chi connectivity index (χ4n) is 2.87. The summed E-state index contributed by atoms with van der Waals surface area (Å²) in [6, 6.07) is 8.45. The normalized spacial score (nSPS) is 17.0. The zero-order valence-corrected chi connectivity index (χ0v) is 11.8. The number of fused-ring (bicyclic) bond motifs is 1. The monoisotopic (exact) mass is 270 g/mol. The third-order valence-electron chi connectivity index (χ3n) is 3.99. The van der Waals surface area contributed by atoms with Gasteiger partial charge in [0.05, 0.1) is 18.2 Å².